The predicted molar refractivity (Wildman–Crippen MR) is 96.6 cm³/mol. The van der Waals surface area contributed by atoms with E-state index < -0.39 is 29.4 Å². The molecule has 0 saturated carbocycles. The second-order valence-electron chi connectivity index (χ2n) is 5.58. The Bertz CT molecular complexity index is 1130. The zero-order valence-electron chi connectivity index (χ0n) is 14.6. The van der Waals surface area contributed by atoms with Gasteiger partial charge >= 0.3 is 6.36 Å². The minimum Gasteiger partial charge on any atom is -0.456 e. The van der Waals surface area contributed by atoms with Crippen LogP contribution >= 0.6 is 15.9 Å². The number of amides is 1. The first-order valence-corrected chi connectivity index (χ1v) is 8.76. The molecule has 1 heterocycles. The number of halogens is 5. The first-order valence-electron chi connectivity index (χ1n) is 7.97. The molecule has 12 heteroatoms. The number of carbonyl (C=O) groups excluding carboxylic acids is 1. The highest BCUT2D eigenvalue weighted by Gasteiger charge is 2.31. The molecule has 0 aliphatic heterocycles. The van der Waals surface area contributed by atoms with E-state index in [4.69, 9.17) is 9.94 Å². The van der Waals surface area contributed by atoms with E-state index in [2.05, 4.69) is 30.8 Å². The molecule has 2 aromatic carbocycles. The van der Waals surface area contributed by atoms with Crippen LogP contribution in [0.1, 0.15) is 10.4 Å². The van der Waals surface area contributed by atoms with E-state index in [9.17, 15) is 22.4 Å². The number of rotatable bonds is 4. The van der Waals surface area contributed by atoms with Crippen molar-refractivity contribution < 1.29 is 37.0 Å². The van der Waals surface area contributed by atoms with E-state index in [1.54, 1.807) is 0 Å². The average molecular weight is 488 g/mol. The Kier molecular flexibility index (Phi) is 6.06. The van der Waals surface area contributed by atoms with Crippen LogP contribution in [0.3, 0.4) is 0 Å². The molecule has 0 unspecified atom stereocenters. The number of hydrogen-bond acceptors (Lipinski definition) is 5. The molecule has 0 fully saturated rings. The number of nitrogens with zero attached hydrogens (tertiary/aromatic N) is 3. The van der Waals surface area contributed by atoms with Crippen molar-refractivity contribution in [2.24, 2.45) is 4.99 Å². The number of carbonyl (C=O) groups is 1. The molecule has 156 valence electrons. The molecule has 0 aliphatic rings. The first-order chi connectivity index (χ1) is 14.1. The molecule has 0 spiro atoms. The van der Waals surface area contributed by atoms with Crippen molar-refractivity contribution in [2.45, 2.75) is 6.36 Å². The molecule has 0 atom stereocenters. The van der Waals surface area contributed by atoms with Gasteiger partial charge in [-0.2, -0.15) is 0 Å². The molecule has 0 radical (unpaired) electrons. The highest BCUT2D eigenvalue weighted by atomic mass is 79.9. The molecule has 0 bridgehead atoms. The SMILES string of the molecule is O=C(N=c1ccn(O)nc1)c1c(Oc2ccc(OC(F)(F)F)cc2)ccc(Br)c1F. The van der Waals surface area contributed by atoms with Gasteiger partial charge in [-0.1, -0.05) is 0 Å². The van der Waals surface area contributed by atoms with Gasteiger partial charge in [0.1, 0.15) is 22.8 Å². The van der Waals surface area contributed by atoms with Crippen LogP contribution < -0.4 is 14.8 Å². The second kappa shape index (κ2) is 8.53. The zero-order valence-corrected chi connectivity index (χ0v) is 16.2. The van der Waals surface area contributed by atoms with Crippen molar-refractivity contribution >= 4 is 21.8 Å². The van der Waals surface area contributed by atoms with Gasteiger partial charge in [-0.25, -0.2) is 9.38 Å². The lowest BCUT2D eigenvalue weighted by Gasteiger charge is -2.12. The summed E-state index contributed by atoms with van der Waals surface area (Å²) >= 11 is 2.97. The Hall–Kier alpha value is -3.41. The predicted octanol–water partition coefficient (Wildman–Crippen LogP) is 4.45. The summed E-state index contributed by atoms with van der Waals surface area (Å²) in [5.74, 6) is -2.60. The van der Waals surface area contributed by atoms with Crippen molar-refractivity contribution in [2.75, 3.05) is 0 Å². The fourth-order valence-corrected chi connectivity index (χ4v) is 2.57. The summed E-state index contributed by atoms with van der Waals surface area (Å²) < 4.78 is 60.6. The van der Waals surface area contributed by atoms with Gasteiger partial charge in [-0.3, -0.25) is 4.79 Å². The fraction of sp³-hybridized carbons (Fsp3) is 0.0556. The number of benzene rings is 2. The third kappa shape index (κ3) is 5.35. The maximum atomic E-state index is 14.6. The van der Waals surface area contributed by atoms with Crippen LogP contribution in [0.4, 0.5) is 17.6 Å². The summed E-state index contributed by atoms with van der Waals surface area (Å²) in [5, 5.41) is 12.6. The van der Waals surface area contributed by atoms with Gasteiger partial charge in [-0.05, 0) is 58.4 Å². The molecule has 30 heavy (non-hydrogen) atoms. The lowest BCUT2D eigenvalue weighted by atomic mass is 10.1. The van der Waals surface area contributed by atoms with Crippen LogP contribution in [0.25, 0.3) is 0 Å². The third-order valence-corrected chi connectivity index (χ3v) is 4.09. The highest BCUT2D eigenvalue weighted by molar-refractivity contribution is 9.10. The number of aromatic nitrogens is 2. The normalized spacial score (nSPS) is 12.0. The smallest absolute Gasteiger partial charge is 0.456 e. The molecule has 0 saturated heterocycles. The maximum Gasteiger partial charge on any atom is 0.573 e. The molecule has 1 aromatic heterocycles. The highest BCUT2D eigenvalue weighted by Crippen LogP contribution is 2.33. The van der Waals surface area contributed by atoms with Gasteiger partial charge in [0, 0.05) is 0 Å². The van der Waals surface area contributed by atoms with Crippen LogP contribution in [0.2, 0.25) is 0 Å². The van der Waals surface area contributed by atoms with E-state index in [0.29, 0.717) is 4.85 Å². The summed E-state index contributed by atoms with van der Waals surface area (Å²) in [6.07, 6.45) is -2.65. The summed E-state index contributed by atoms with van der Waals surface area (Å²) in [7, 11) is 0. The first kappa shape index (κ1) is 21.3. The van der Waals surface area contributed by atoms with Gasteiger partial charge in [0.05, 0.1) is 22.2 Å². The van der Waals surface area contributed by atoms with E-state index in [1.807, 2.05) is 0 Å². The van der Waals surface area contributed by atoms with Gasteiger partial charge in [-0.15, -0.1) is 23.1 Å². The topological polar surface area (TPSA) is 85.9 Å². The van der Waals surface area contributed by atoms with Crippen LogP contribution in [0, 0.1) is 5.82 Å². The molecular weight excluding hydrogens is 478 g/mol. The summed E-state index contributed by atoms with van der Waals surface area (Å²) in [5.41, 5.74) is -0.513. The zero-order chi connectivity index (χ0) is 21.9. The molecule has 3 rings (SSSR count). The van der Waals surface area contributed by atoms with Crippen molar-refractivity contribution in [1.82, 2.24) is 9.94 Å². The molecule has 1 N–H and O–H groups in total. The number of alkyl halides is 3. The monoisotopic (exact) mass is 487 g/mol. The minimum absolute atomic E-state index is 0.0262. The number of hydrogen-bond donors (Lipinski definition) is 1. The lowest BCUT2D eigenvalue weighted by Crippen LogP contribution is -2.16. The fourth-order valence-electron chi connectivity index (χ4n) is 2.24. The van der Waals surface area contributed by atoms with Crippen molar-refractivity contribution in [3.05, 3.63) is 76.1 Å². The van der Waals surface area contributed by atoms with Crippen molar-refractivity contribution in [1.29, 1.82) is 0 Å². The summed E-state index contributed by atoms with van der Waals surface area (Å²) in [6.45, 7) is 0. The Morgan fingerprint density at radius 1 is 1.10 bits per heavy atom. The maximum absolute atomic E-state index is 14.6. The standard InChI is InChI=1S/C18H10BrF4N3O4/c19-13-5-6-14(29-11-1-3-12(4-2-11)30-18(21,22)23)15(16(13)20)17(27)25-10-7-8-26(28)24-9-10/h1-9,28H. The van der Waals surface area contributed by atoms with Gasteiger partial charge in [0.2, 0.25) is 0 Å². The van der Waals surface area contributed by atoms with Crippen LogP contribution in [-0.4, -0.2) is 27.4 Å². The second-order valence-corrected chi connectivity index (χ2v) is 6.43. The minimum atomic E-state index is -4.85. The summed E-state index contributed by atoms with van der Waals surface area (Å²) in [6, 6.07) is 8.18. The van der Waals surface area contributed by atoms with Crippen LogP contribution in [-0.2, 0) is 0 Å². The van der Waals surface area contributed by atoms with Gasteiger partial charge in [0.15, 0.2) is 5.82 Å². The van der Waals surface area contributed by atoms with Crippen molar-refractivity contribution in [3.8, 4) is 17.2 Å². The van der Waals surface area contributed by atoms with E-state index >= 15 is 0 Å². The Morgan fingerprint density at radius 3 is 2.37 bits per heavy atom. The Balaban J connectivity index is 1.92. The largest absolute Gasteiger partial charge is 0.573 e. The molecule has 3 aromatic rings. The molecule has 7 nitrogen and oxygen atoms in total. The van der Waals surface area contributed by atoms with E-state index in [0.717, 1.165) is 36.7 Å². The van der Waals surface area contributed by atoms with Crippen LogP contribution in [0.5, 0.6) is 17.2 Å². The third-order valence-electron chi connectivity index (χ3n) is 3.47. The van der Waals surface area contributed by atoms with Gasteiger partial charge < -0.3 is 14.7 Å². The number of ether oxygens (including phenoxy) is 2. The van der Waals surface area contributed by atoms with Gasteiger partial charge in [0.25, 0.3) is 5.91 Å². The average Bonchev–Trinajstić information content (AvgIpc) is 2.67. The molecular formula is C18H10BrF4N3O4. The molecule has 1 amide bonds. The Morgan fingerprint density at radius 2 is 1.77 bits per heavy atom. The Labute approximate surface area is 173 Å². The van der Waals surface area contributed by atoms with E-state index in [1.165, 1.54) is 18.2 Å². The molecule has 0 aliphatic carbocycles. The van der Waals surface area contributed by atoms with Crippen LogP contribution in [0.15, 0.2) is 64.3 Å². The van der Waals surface area contributed by atoms with E-state index in [-0.39, 0.29) is 21.3 Å². The quantitative estimate of drug-likeness (QED) is 0.433. The summed E-state index contributed by atoms with van der Waals surface area (Å²) in [4.78, 5) is 16.8. The van der Waals surface area contributed by atoms with Crippen molar-refractivity contribution in [3.63, 3.8) is 0 Å². The lowest BCUT2D eigenvalue weighted by molar-refractivity contribution is -0.274.